The lowest BCUT2D eigenvalue weighted by atomic mass is 10.2. The summed E-state index contributed by atoms with van der Waals surface area (Å²) in [6.07, 6.45) is 0. The van der Waals surface area contributed by atoms with Crippen LogP contribution >= 0.6 is 43.2 Å². The fourth-order valence-electron chi connectivity index (χ4n) is 2.02. The summed E-state index contributed by atoms with van der Waals surface area (Å²) < 4.78 is 11.4. The van der Waals surface area contributed by atoms with Crippen molar-refractivity contribution in [2.45, 2.75) is 0 Å². The molecule has 0 saturated heterocycles. The molecule has 0 aliphatic rings. The molecule has 0 aliphatic carbocycles. The summed E-state index contributed by atoms with van der Waals surface area (Å²) in [5, 5.41) is 2.30. The van der Waals surface area contributed by atoms with Crippen LogP contribution in [0.2, 0.25) is 0 Å². The van der Waals surface area contributed by atoms with E-state index in [0.717, 1.165) is 4.47 Å². The maximum absolute atomic E-state index is 12.1. The number of halogens is 2. The maximum Gasteiger partial charge on any atom is 0.351 e. The van der Waals surface area contributed by atoms with Crippen LogP contribution in [0.15, 0.2) is 53.9 Å². The lowest BCUT2D eigenvalue weighted by Crippen LogP contribution is -2.19. The molecule has 0 amide bonds. The van der Waals surface area contributed by atoms with E-state index in [0.29, 0.717) is 20.3 Å². The average molecular weight is 472 g/mol. The zero-order chi connectivity index (χ0) is 17.3. The van der Waals surface area contributed by atoms with E-state index in [2.05, 4.69) is 31.9 Å². The Kier molecular flexibility index (Phi) is 4.98. The third kappa shape index (κ3) is 3.50. The first kappa shape index (κ1) is 17.1. The molecule has 0 spiro atoms. The third-order valence-electron chi connectivity index (χ3n) is 3.10. The molecule has 0 aliphatic heterocycles. The van der Waals surface area contributed by atoms with Gasteiger partial charge in [0.2, 0.25) is 5.78 Å². The van der Waals surface area contributed by atoms with Crippen molar-refractivity contribution in [3.63, 3.8) is 0 Å². The summed E-state index contributed by atoms with van der Waals surface area (Å²) in [5.74, 6) is -1.22. The largest absolute Gasteiger partial charge is 0.453 e. The van der Waals surface area contributed by atoms with Crippen molar-refractivity contribution in [1.82, 2.24) is 0 Å². The van der Waals surface area contributed by atoms with Crippen LogP contribution in [0.5, 0.6) is 0 Å². The normalized spacial score (nSPS) is 10.8. The molecular weight excluding hydrogens is 464 g/mol. The first-order chi connectivity index (χ1) is 11.5. The van der Waals surface area contributed by atoms with Crippen molar-refractivity contribution in [3.05, 3.63) is 65.5 Å². The molecule has 3 rings (SSSR count). The van der Waals surface area contributed by atoms with Crippen LogP contribution in [0.4, 0.5) is 0 Å². The molecule has 8 heteroatoms. The van der Waals surface area contributed by atoms with Crippen molar-refractivity contribution >= 4 is 65.9 Å². The Labute approximate surface area is 156 Å². The second-order valence-corrected chi connectivity index (χ2v) is 7.45. The van der Waals surface area contributed by atoms with Gasteiger partial charge in [0, 0.05) is 9.86 Å². The lowest BCUT2D eigenvalue weighted by Gasteiger charge is -2.05. The van der Waals surface area contributed by atoms with E-state index in [1.807, 2.05) is 0 Å². The van der Waals surface area contributed by atoms with E-state index in [9.17, 15) is 14.4 Å². The average Bonchev–Trinajstić information content (AvgIpc) is 3.07. The third-order valence-corrected chi connectivity index (χ3v) is 5.06. The molecule has 0 fully saturated rings. The molecule has 0 saturated carbocycles. The summed E-state index contributed by atoms with van der Waals surface area (Å²) >= 11 is 7.87. The van der Waals surface area contributed by atoms with Crippen molar-refractivity contribution in [2.24, 2.45) is 0 Å². The zero-order valence-electron chi connectivity index (χ0n) is 11.9. The maximum atomic E-state index is 12.1. The Morgan fingerprint density at radius 3 is 2.71 bits per heavy atom. The number of esters is 1. The van der Waals surface area contributed by atoms with Crippen LogP contribution in [0, 0.1) is 0 Å². The van der Waals surface area contributed by atoms with Gasteiger partial charge in [0.05, 0.1) is 9.35 Å². The van der Waals surface area contributed by atoms with Crippen LogP contribution in [0.1, 0.15) is 20.0 Å². The fourth-order valence-corrected chi connectivity index (χ4v) is 4.01. The Balaban J connectivity index is 1.86. The Morgan fingerprint density at radius 1 is 1.21 bits per heavy atom. The number of carbonyl (C=O) groups excluding carboxylic acids is 2. The van der Waals surface area contributed by atoms with Gasteiger partial charge in [-0.25, -0.2) is 9.59 Å². The van der Waals surface area contributed by atoms with Gasteiger partial charge < -0.3 is 9.15 Å². The molecule has 0 atom stereocenters. The SMILES string of the molecule is O=C(COC(=O)c1cc2cc(Br)cc(Br)c2oc1=O)c1cccs1. The zero-order valence-corrected chi connectivity index (χ0v) is 15.9. The second-order valence-electron chi connectivity index (χ2n) is 4.73. The monoisotopic (exact) mass is 470 g/mol. The highest BCUT2D eigenvalue weighted by molar-refractivity contribution is 9.11. The molecule has 5 nitrogen and oxygen atoms in total. The minimum absolute atomic E-state index is 0.258. The summed E-state index contributed by atoms with van der Waals surface area (Å²) in [4.78, 5) is 36.4. The number of Topliss-reactive ketones (excluding diaryl/α,β-unsaturated/α-hetero) is 1. The molecule has 1 aromatic carbocycles. The first-order valence-electron chi connectivity index (χ1n) is 6.62. The molecule has 24 heavy (non-hydrogen) atoms. The van der Waals surface area contributed by atoms with Crippen LogP contribution < -0.4 is 5.63 Å². The van der Waals surface area contributed by atoms with Crippen LogP contribution in [0.25, 0.3) is 11.0 Å². The van der Waals surface area contributed by atoms with Crippen LogP contribution in [-0.2, 0) is 4.74 Å². The number of fused-ring (bicyclic) bond motifs is 1. The van der Waals surface area contributed by atoms with E-state index in [1.54, 1.807) is 29.6 Å². The molecule has 0 N–H and O–H groups in total. The summed E-state index contributed by atoms with van der Waals surface area (Å²) in [6.45, 7) is -0.432. The fraction of sp³-hybridized carbons (Fsp3) is 0.0625. The van der Waals surface area contributed by atoms with E-state index in [1.165, 1.54) is 17.4 Å². The number of rotatable bonds is 4. The standard InChI is InChI=1S/C16H8Br2O5S/c17-9-4-8-5-10(16(21)23-14(8)11(18)6-9)15(20)22-7-12(19)13-2-1-3-24-13/h1-6H,7H2. The molecular formula is C16H8Br2O5S. The van der Waals surface area contributed by atoms with Crippen LogP contribution in [-0.4, -0.2) is 18.4 Å². The smallest absolute Gasteiger partial charge is 0.351 e. The minimum atomic E-state index is -0.897. The molecule has 0 bridgehead atoms. The Bertz CT molecular complexity index is 992. The molecule has 122 valence electrons. The number of carbonyl (C=O) groups is 2. The van der Waals surface area contributed by atoms with Crippen molar-refractivity contribution in [2.75, 3.05) is 6.61 Å². The van der Waals surface area contributed by atoms with Gasteiger partial charge in [0.15, 0.2) is 12.2 Å². The summed E-state index contributed by atoms with van der Waals surface area (Å²) in [6, 6.07) is 8.18. The van der Waals surface area contributed by atoms with Gasteiger partial charge in [0.1, 0.15) is 5.56 Å². The van der Waals surface area contributed by atoms with Gasteiger partial charge in [-0.3, -0.25) is 4.79 Å². The lowest BCUT2D eigenvalue weighted by molar-refractivity contribution is 0.0472. The van der Waals surface area contributed by atoms with Gasteiger partial charge >= 0.3 is 11.6 Å². The number of benzene rings is 1. The van der Waals surface area contributed by atoms with Crippen molar-refractivity contribution < 1.29 is 18.7 Å². The summed E-state index contributed by atoms with van der Waals surface area (Å²) in [5.41, 5.74) is -0.750. The topological polar surface area (TPSA) is 73.6 Å². The van der Waals surface area contributed by atoms with E-state index >= 15 is 0 Å². The number of ketones is 1. The quantitative estimate of drug-likeness (QED) is 0.320. The first-order valence-corrected chi connectivity index (χ1v) is 9.09. The van der Waals surface area contributed by atoms with Gasteiger partial charge in [-0.05, 0) is 45.6 Å². The van der Waals surface area contributed by atoms with Crippen LogP contribution in [0.3, 0.4) is 0 Å². The number of hydrogen-bond acceptors (Lipinski definition) is 6. The van der Waals surface area contributed by atoms with E-state index < -0.39 is 18.2 Å². The summed E-state index contributed by atoms with van der Waals surface area (Å²) in [7, 11) is 0. The molecule has 2 aromatic heterocycles. The van der Waals surface area contributed by atoms with E-state index in [-0.39, 0.29) is 11.3 Å². The molecule has 0 radical (unpaired) electrons. The molecule has 2 heterocycles. The highest BCUT2D eigenvalue weighted by Gasteiger charge is 2.18. The number of hydrogen-bond donors (Lipinski definition) is 0. The molecule has 0 unspecified atom stereocenters. The predicted octanol–water partition coefficient (Wildman–Crippen LogP) is 4.42. The Hall–Kier alpha value is -1.77. The second kappa shape index (κ2) is 7.00. The number of ether oxygens (including phenoxy) is 1. The molecule has 3 aromatic rings. The highest BCUT2D eigenvalue weighted by atomic mass is 79.9. The van der Waals surface area contributed by atoms with Gasteiger partial charge in [-0.15, -0.1) is 11.3 Å². The van der Waals surface area contributed by atoms with Gasteiger partial charge in [-0.2, -0.15) is 0 Å². The van der Waals surface area contributed by atoms with Crippen molar-refractivity contribution in [1.29, 1.82) is 0 Å². The van der Waals surface area contributed by atoms with Gasteiger partial charge in [-0.1, -0.05) is 22.0 Å². The Morgan fingerprint density at radius 2 is 2.00 bits per heavy atom. The number of thiophene rings is 1. The highest BCUT2D eigenvalue weighted by Crippen LogP contribution is 2.28. The minimum Gasteiger partial charge on any atom is -0.453 e. The predicted molar refractivity (Wildman–Crippen MR) is 96.8 cm³/mol. The van der Waals surface area contributed by atoms with Crippen molar-refractivity contribution in [3.8, 4) is 0 Å². The van der Waals surface area contributed by atoms with Gasteiger partial charge in [0.25, 0.3) is 0 Å². The van der Waals surface area contributed by atoms with E-state index in [4.69, 9.17) is 9.15 Å².